The van der Waals surface area contributed by atoms with E-state index in [0.717, 1.165) is 0 Å². The van der Waals surface area contributed by atoms with Crippen molar-refractivity contribution < 1.29 is 41.5 Å². The summed E-state index contributed by atoms with van der Waals surface area (Å²) < 4.78 is 41.5. The fraction of sp³-hybridized carbons (Fsp3) is 0.526. The van der Waals surface area contributed by atoms with Gasteiger partial charge in [0.25, 0.3) is 16.0 Å². The van der Waals surface area contributed by atoms with E-state index in [1.807, 2.05) is 0 Å². The summed E-state index contributed by atoms with van der Waals surface area (Å²) >= 11 is 0. The third kappa shape index (κ3) is 10.4. The Morgan fingerprint density at radius 3 is 2.13 bits per heavy atom. The Morgan fingerprint density at radius 1 is 1.17 bits per heavy atom. The highest BCUT2D eigenvalue weighted by Crippen LogP contribution is 2.20. The maximum absolute atomic E-state index is 12.5. The summed E-state index contributed by atoms with van der Waals surface area (Å²) in [5, 5.41) is 2.37. The molecule has 0 aliphatic heterocycles. The molecule has 1 aromatic rings. The van der Waals surface area contributed by atoms with Crippen LogP contribution in [0, 0.1) is 0 Å². The van der Waals surface area contributed by atoms with E-state index in [0.29, 0.717) is 5.56 Å². The van der Waals surface area contributed by atoms with Crippen LogP contribution in [0.3, 0.4) is 0 Å². The molecule has 1 amide bonds. The molecule has 0 saturated heterocycles. The molecule has 2 N–H and O–H groups in total. The van der Waals surface area contributed by atoms with Crippen LogP contribution in [0.2, 0.25) is 0 Å². The molecule has 0 spiro atoms. The van der Waals surface area contributed by atoms with E-state index in [2.05, 4.69) is 5.32 Å². The van der Waals surface area contributed by atoms with Crippen molar-refractivity contribution in [2.24, 2.45) is 0 Å². The Morgan fingerprint density at radius 2 is 1.70 bits per heavy atom. The number of methoxy groups -OCH3 is 1. The molecule has 2 atom stereocenters. The maximum Gasteiger partial charge on any atom is 0.340 e. The highest BCUT2D eigenvalue weighted by molar-refractivity contribution is 7.85. The zero-order valence-corrected chi connectivity index (χ0v) is 17.4. The molecule has 11 heteroatoms. The van der Waals surface area contributed by atoms with E-state index in [9.17, 15) is 22.8 Å². The van der Waals surface area contributed by atoms with Gasteiger partial charge in [-0.05, 0) is 26.3 Å². The molecule has 0 fully saturated rings. The first-order valence-electron chi connectivity index (χ1n) is 8.39. The van der Waals surface area contributed by atoms with Gasteiger partial charge in [-0.15, -0.1) is 0 Å². The van der Waals surface area contributed by atoms with Gasteiger partial charge in [0.05, 0.1) is 17.7 Å². The third-order valence-corrected chi connectivity index (χ3v) is 4.67. The monoisotopic (exact) mass is 451 g/mol. The lowest BCUT2D eigenvalue weighted by atomic mass is 10.1. The Kier molecular flexibility index (Phi) is 12.3. The van der Waals surface area contributed by atoms with Crippen molar-refractivity contribution in [2.45, 2.75) is 52.4 Å². The molecule has 1 rings (SSSR count). The molecule has 0 aromatic heterocycles. The quantitative estimate of drug-likeness (QED) is 0.406. The fourth-order valence-corrected chi connectivity index (χ4v) is 3.54. The number of amides is 1. The number of ketones is 1. The van der Waals surface area contributed by atoms with Crippen molar-refractivity contribution in [1.82, 2.24) is 5.32 Å². The molecule has 0 heterocycles. The Labute approximate surface area is 176 Å². The summed E-state index contributed by atoms with van der Waals surface area (Å²) in [6.07, 6.45) is -2.98. The molecule has 0 bridgehead atoms. The second kappa shape index (κ2) is 12.4. The minimum Gasteiger partial charge on any atom is -0.450 e. The summed E-state index contributed by atoms with van der Waals surface area (Å²) in [5.74, 6) is -2.89. The van der Waals surface area contributed by atoms with Gasteiger partial charge < -0.3 is 14.8 Å². The standard InChI is InChI=1S/C18H25NO8S.CH4.FH/c1-12(20)10-14(16(21)19-18(2,3)11-28(23,24)25)27-17(22)15(26-4)13-8-6-5-7-9-13;;/h5-9,14-15H,10-11H2,1-4H3,(H,19,21)(H,23,24,25);1H4;1H. The minimum absolute atomic E-state index is 0. The summed E-state index contributed by atoms with van der Waals surface area (Å²) in [6.45, 7) is 3.96. The van der Waals surface area contributed by atoms with Gasteiger partial charge in [0.1, 0.15) is 5.78 Å². The van der Waals surface area contributed by atoms with E-state index in [1.54, 1.807) is 30.3 Å². The normalized spacial score (nSPS) is 13.1. The average Bonchev–Trinajstić information content (AvgIpc) is 2.52. The molecule has 30 heavy (non-hydrogen) atoms. The largest absolute Gasteiger partial charge is 0.450 e. The second-order valence-electron chi connectivity index (χ2n) is 6.96. The minimum atomic E-state index is -4.36. The van der Waals surface area contributed by atoms with Gasteiger partial charge in [-0.25, -0.2) is 4.79 Å². The number of hydrogen-bond donors (Lipinski definition) is 2. The van der Waals surface area contributed by atoms with Crippen molar-refractivity contribution in [1.29, 1.82) is 0 Å². The molecule has 0 saturated carbocycles. The van der Waals surface area contributed by atoms with Crippen molar-refractivity contribution >= 4 is 27.8 Å². The molecule has 1 aromatic carbocycles. The zero-order chi connectivity index (χ0) is 21.5. The Bertz CT molecular complexity index is 811. The summed E-state index contributed by atoms with van der Waals surface area (Å²) in [4.78, 5) is 36.5. The SMILES string of the molecule is C.COC(C(=O)OC(CC(C)=O)C(=O)NC(C)(C)CS(=O)(=O)O)c1ccccc1.F. The first-order valence-corrected chi connectivity index (χ1v) is 10.0. The van der Waals surface area contributed by atoms with Crippen molar-refractivity contribution in [2.75, 3.05) is 12.9 Å². The van der Waals surface area contributed by atoms with Crippen LogP contribution in [-0.2, 0) is 34.0 Å². The van der Waals surface area contributed by atoms with Crippen molar-refractivity contribution in [3.05, 3.63) is 35.9 Å². The fourth-order valence-electron chi connectivity index (χ4n) is 2.55. The van der Waals surface area contributed by atoms with Crippen LogP contribution in [-0.4, -0.2) is 55.1 Å². The highest BCUT2D eigenvalue weighted by Gasteiger charge is 2.34. The predicted octanol–water partition coefficient (Wildman–Crippen LogP) is 1.84. The smallest absolute Gasteiger partial charge is 0.340 e. The molecular formula is C19H30FNO8S. The van der Waals surface area contributed by atoms with Crippen molar-refractivity contribution in [3.8, 4) is 0 Å². The lowest BCUT2D eigenvalue weighted by Gasteiger charge is -2.28. The summed E-state index contributed by atoms with van der Waals surface area (Å²) in [5.41, 5.74) is -0.852. The molecule has 0 aliphatic rings. The van der Waals surface area contributed by atoms with Gasteiger partial charge in [0.2, 0.25) is 0 Å². The average molecular weight is 452 g/mol. The number of hydrogen-bond acceptors (Lipinski definition) is 7. The van der Waals surface area contributed by atoms with Crippen LogP contribution in [0.1, 0.15) is 46.3 Å². The van der Waals surface area contributed by atoms with E-state index < -0.39 is 57.7 Å². The molecule has 0 radical (unpaired) electrons. The number of carbonyl (C=O) groups is 3. The number of esters is 1. The lowest BCUT2D eigenvalue weighted by molar-refractivity contribution is -0.167. The van der Waals surface area contributed by atoms with Crippen LogP contribution >= 0.6 is 0 Å². The molecule has 172 valence electrons. The lowest BCUT2D eigenvalue weighted by Crippen LogP contribution is -2.52. The Balaban J connectivity index is 0. The number of benzene rings is 1. The van der Waals surface area contributed by atoms with Gasteiger partial charge in [-0.1, -0.05) is 37.8 Å². The Hall–Kier alpha value is -2.37. The molecular weight excluding hydrogens is 421 g/mol. The number of carbonyl (C=O) groups excluding carboxylic acids is 3. The van der Waals surface area contributed by atoms with Gasteiger partial charge >= 0.3 is 5.97 Å². The molecule has 0 aliphatic carbocycles. The number of ether oxygens (including phenoxy) is 2. The topological polar surface area (TPSA) is 136 Å². The second-order valence-corrected chi connectivity index (χ2v) is 8.41. The van der Waals surface area contributed by atoms with E-state index >= 15 is 0 Å². The highest BCUT2D eigenvalue weighted by atomic mass is 32.2. The molecule has 9 nitrogen and oxygen atoms in total. The van der Waals surface area contributed by atoms with Crippen molar-refractivity contribution in [3.63, 3.8) is 0 Å². The van der Waals surface area contributed by atoms with E-state index in [4.69, 9.17) is 14.0 Å². The number of halogens is 1. The first kappa shape index (κ1) is 29.8. The van der Waals surface area contributed by atoms with Gasteiger partial charge in [0, 0.05) is 7.11 Å². The van der Waals surface area contributed by atoms with Gasteiger partial charge in [-0.3, -0.25) is 18.8 Å². The summed E-state index contributed by atoms with van der Waals surface area (Å²) in [7, 11) is -3.06. The maximum atomic E-state index is 12.5. The summed E-state index contributed by atoms with van der Waals surface area (Å²) in [6, 6.07) is 8.44. The predicted molar refractivity (Wildman–Crippen MR) is 109 cm³/mol. The zero-order valence-electron chi connectivity index (χ0n) is 16.6. The molecule has 2 unspecified atom stereocenters. The van der Waals surface area contributed by atoms with Crippen LogP contribution < -0.4 is 5.32 Å². The van der Waals surface area contributed by atoms with Crippen LogP contribution in [0.4, 0.5) is 4.70 Å². The first-order chi connectivity index (χ1) is 12.8. The number of nitrogens with one attached hydrogen (secondary N) is 1. The van der Waals surface area contributed by atoms with E-state index in [-0.39, 0.29) is 12.1 Å². The van der Waals surface area contributed by atoms with Crippen LogP contribution in [0.5, 0.6) is 0 Å². The third-order valence-electron chi connectivity index (χ3n) is 3.58. The van der Waals surface area contributed by atoms with Crippen LogP contribution in [0.25, 0.3) is 0 Å². The van der Waals surface area contributed by atoms with Crippen LogP contribution in [0.15, 0.2) is 30.3 Å². The van der Waals surface area contributed by atoms with Gasteiger partial charge in [0.15, 0.2) is 12.2 Å². The number of Topliss-reactive ketones (excluding diaryl/α,β-unsaturated/α-hetero) is 1. The van der Waals surface area contributed by atoms with Gasteiger partial charge in [-0.2, -0.15) is 8.42 Å². The van der Waals surface area contributed by atoms with E-state index in [1.165, 1.54) is 27.9 Å². The number of rotatable bonds is 10.